The highest BCUT2D eigenvalue weighted by Gasteiger charge is 2.12. The minimum absolute atomic E-state index is 0.301. The Balaban J connectivity index is 3.04. The Morgan fingerprint density at radius 2 is 1.86 bits per heavy atom. The van der Waals surface area contributed by atoms with Crippen molar-refractivity contribution in [1.82, 2.24) is 10.2 Å². The zero-order valence-electron chi connectivity index (χ0n) is 9.76. The predicted octanol–water partition coefficient (Wildman–Crippen LogP) is 2.08. The molecule has 1 atom stereocenters. The highest BCUT2D eigenvalue weighted by atomic mass is 15.2. The molecule has 1 N–H and O–H groups in total. The van der Waals surface area contributed by atoms with Crippen LogP contribution in [0.1, 0.15) is 22.9 Å². The fourth-order valence-electron chi connectivity index (χ4n) is 1.82. The summed E-state index contributed by atoms with van der Waals surface area (Å²) in [6.07, 6.45) is 0.301. The Bertz CT molecular complexity index is 305. The van der Waals surface area contributed by atoms with Gasteiger partial charge in [-0.1, -0.05) is 23.8 Å². The number of aryl methyl sites for hydroxylation is 2. The van der Waals surface area contributed by atoms with Crippen molar-refractivity contribution in [3.05, 3.63) is 34.9 Å². The Hall–Kier alpha value is -0.860. The number of rotatable bonds is 3. The molecule has 14 heavy (non-hydrogen) atoms. The first-order chi connectivity index (χ1) is 6.56. The van der Waals surface area contributed by atoms with Crippen LogP contribution in [0.5, 0.6) is 0 Å². The van der Waals surface area contributed by atoms with E-state index in [2.05, 4.69) is 56.4 Å². The molecule has 0 radical (unpaired) electrons. The molecule has 0 aliphatic carbocycles. The van der Waals surface area contributed by atoms with Crippen molar-refractivity contribution in [3.63, 3.8) is 0 Å². The van der Waals surface area contributed by atoms with Gasteiger partial charge < -0.3 is 5.32 Å². The van der Waals surface area contributed by atoms with Gasteiger partial charge in [0.1, 0.15) is 0 Å². The molecule has 78 valence electrons. The molecular weight excluding hydrogens is 172 g/mol. The molecular formula is C12H20N2. The van der Waals surface area contributed by atoms with Gasteiger partial charge >= 0.3 is 0 Å². The van der Waals surface area contributed by atoms with E-state index in [-0.39, 0.29) is 0 Å². The first kappa shape index (κ1) is 11.2. The third-order valence-corrected chi connectivity index (χ3v) is 2.51. The van der Waals surface area contributed by atoms with Crippen LogP contribution in [0.25, 0.3) is 0 Å². The normalized spacial score (nSPS) is 13.3. The maximum atomic E-state index is 3.30. The van der Waals surface area contributed by atoms with E-state index < -0.39 is 0 Å². The van der Waals surface area contributed by atoms with Crippen molar-refractivity contribution in [1.29, 1.82) is 0 Å². The van der Waals surface area contributed by atoms with E-state index in [1.54, 1.807) is 0 Å². The lowest BCUT2D eigenvalue weighted by atomic mass is 10.0. The highest BCUT2D eigenvalue weighted by molar-refractivity contribution is 5.32. The van der Waals surface area contributed by atoms with Gasteiger partial charge in [0.15, 0.2) is 0 Å². The van der Waals surface area contributed by atoms with Crippen LogP contribution >= 0.6 is 0 Å². The number of benzene rings is 1. The van der Waals surface area contributed by atoms with E-state index >= 15 is 0 Å². The van der Waals surface area contributed by atoms with Crippen molar-refractivity contribution in [2.45, 2.75) is 20.0 Å². The second-order valence-corrected chi connectivity index (χ2v) is 4.01. The summed E-state index contributed by atoms with van der Waals surface area (Å²) in [6.45, 7) is 4.29. The first-order valence-electron chi connectivity index (χ1n) is 4.97. The average Bonchev–Trinajstić information content (AvgIpc) is 2.09. The molecule has 2 heteroatoms. The van der Waals surface area contributed by atoms with E-state index in [1.807, 2.05) is 7.05 Å². The Labute approximate surface area is 86.9 Å². The van der Waals surface area contributed by atoms with Crippen LogP contribution in [0.3, 0.4) is 0 Å². The van der Waals surface area contributed by atoms with Crippen molar-refractivity contribution in [2.24, 2.45) is 0 Å². The summed E-state index contributed by atoms with van der Waals surface area (Å²) in [7, 11) is 6.16. The van der Waals surface area contributed by atoms with Gasteiger partial charge in [0.2, 0.25) is 0 Å². The molecule has 2 nitrogen and oxygen atoms in total. The topological polar surface area (TPSA) is 15.3 Å². The van der Waals surface area contributed by atoms with Crippen LogP contribution in [-0.2, 0) is 0 Å². The molecule has 0 spiro atoms. The summed E-state index contributed by atoms with van der Waals surface area (Å²) in [4.78, 5) is 2.18. The zero-order chi connectivity index (χ0) is 10.7. The van der Waals surface area contributed by atoms with Crippen LogP contribution in [0, 0.1) is 13.8 Å². The summed E-state index contributed by atoms with van der Waals surface area (Å²) < 4.78 is 0. The van der Waals surface area contributed by atoms with Crippen LogP contribution < -0.4 is 5.32 Å². The molecule has 0 heterocycles. The largest absolute Gasteiger partial charge is 0.301 e. The van der Waals surface area contributed by atoms with Gasteiger partial charge in [0.05, 0.1) is 6.17 Å². The number of nitrogens with one attached hydrogen (secondary N) is 1. The summed E-state index contributed by atoms with van der Waals surface area (Å²) in [5, 5.41) is 3.30. The van der Waals surface area contributed by atoms with Crippen molar-refractivity contribution < 1.29 is 0 Å². The number of nitrogens with zero attached hydrogens (tertiary/aromatic N) is 1. The number of hydrogen-bond acceptors (Lipinski definition) is 2. The third kappa shape index (κ3) is 2.34. The van der Waals surface area contributed by atoms with Gasteiger partial charge in [-0.3, -0.25) is 4.90 Å². The fourth-order valence-corrected chi connectivity index (χ4v) is 1.82. The molecule has 1 aromatic rings. The minimum Gasteiger partial charge on any atom is -0.301 e. The lowest BCUT2D eigenvalue weighted by Gasteiger charge is -2.25. The van der Waals surface area contributed by atoms with Crippen molar-refractivity contribution >= 4 is 0 Å². The molecule has 0 bridgehead atoms. The molecule has 1 unspecified atom stereocenters. The minimum atomic E-state index is 0.301. The lowest BCUT2D eigenvalue weighted by Crippen LogP contribution is -2.31. The SMILES string of the molecule is CNC(c1ccc(C)cc1C)N(C)C. The fraction of sp³-hybridized carbons (Fsp3) is 0.500. The van der Waals surface area contributed by atoms with Gasteiger partial charge in [-0.25, -0.2) is 0 Å². The smallest absolute Gasteiger partial charge is 0.0855 e. The van der Waals surface area contributed by atoms with Crippen LogP contribution in [0.2, 0.25) is 0 Å². The average molecular weight is 192 g/mol. The maximum Gasteiger partial charge on any atom is 0.0855 e. The standard InChI is InChI=1S/C12H20N2/c1-9-6-7-11(10(2)8-9)12(13-3)14(4)5/h6-8,12-13H,1-5H3. The van der Waals surface area contributed by atoms with Crippen molar-refractivity contribution in [3.8, 4) is 0 Å². The molecule has 1 rings (SSSR count). The quantitative estimate of drug-likeness (QED) is 0.738. The first-order valence-corrected chi connectivity index (χ1v) is 4.97. The predicted molar refractivity (Wildman–Crippen MR) is 61.4 cm³/mol. The van der Waals surface area contributed by atoms with Gasteiger partial charge in [-0.05, 0) is 46.1 Å². The van der Waals surface area contributed by atoms with Crippen molar-refractivity contribution in [2.75, 3.05) is 21.1 Å². The summed E-state index contributed by atoms with van der Waals surface area (Å²) >= 11 is 0. The van der Waals surface area contributed by atoms with E-state index in [0.29, 0.717) is 6.17 Å². The highest BCUT2D eigenvalue weighted by Crippen LogP contribution is 2.19. The summed E-state index contributed by atoms with van der Waals surface area (Å²) in [5.41, 5.74) is 4.01. The van der Waals surface area contributed by atoms with E-state index in [1.165, 1.54) is 16.7 Å². The summed E-state index contributed by atoms with van der Waals surface area (Å²) in [5.74, 6) is 0. The molecule has 1 aromatic carbocycles. The Kier molecular flexibility index (Phi) is 3.67. The molecule has 0 amide bonds. The molecule has 0 fully saturated rings. The molecule has 0 aliphatic rings. The van der Waals surface area contributed by atoms with Gasteiger partial charge in [0, 0.05) is 0 Å². The van der Waals surface area contributed by atoms with Gasteiger partial charge in [-0.15, -0.1) is 0 Å². The number of hydrogen-bond donors (Lipinski definition) is 1. The Morgan fingerprint density at radius 3 is 2.29 bits per heavy atom. The lowest BCUT2D eigenvalue weighted by molar-refractivity contribution is 0.264. The molecule has 0 saturated carbocycles. The molecule has 0 saturated heterocycles. The second kappa shape index (κ2) is 4.58. The summed E-state index contributed by atoms with van der Waals surface area (Å²) in [6, 6.07) is 6.59. The molecule has 0 aromatic heterocycles. The van der Waals surface area contributed by atoms with Crippen LogP contribution in [0.15, 0.2) is 18.2 Å². The Morgan fingerprint density at radius 1 is 1.21 bits per heavy atom. The maximum absolute atomic E-state index is 3.30. The van der Waals surface area contributed by atoms with Gasteiger partial charge in [-0.2, -0.15) is 0 Å². The zero-order valence-corrected chi connectivity index (χ0v) is 9.76. The van der Waals surface area contributed by atoms with Crippen LogP contribution in [-0.4, -0.2) is 26.0 Å². The van der Waals surface area contributed by atoms with Gasteiger partial charge in [0.25, 0.3) is 0 Å². The van der Waals surface area contributed by atoms with E-state index in [4.69, 9.17) is 0 Å². The monoisotopic (exact) mass is 192 g/mol. The van der Waals surface area contributed by atoms with E-state index in [9.17, 15) is 0 Å². The van der Waals surface area contributed by atoms with E-state index in [0.717, 1.165) is 0 Å². The molecule has 0 aliphatic heterocycles. The second-order valence-electron chi connectivity index (χ2n) is 4.01. The van der Waals surface area contributed by atoms with Crippen LogP contribution in [0.4, 0.5) is 0 Å². The third-order valence-electron chi connectivity index (χ3n) is 2.51.